The van der Waals surface area contributed by atoms with Crippen LogP contribution in [0.25, 0.3) is 0 Å². The molecule has 1 N–H and O–H groups in total. The van der Waals surface area contributed by atoms with Crippen molar-refractivity contribution in [3.8, 4) is 0 Å². The Morgan fingerprint density at radius 3 is 2.55 bits per heavy atom. The van der Waals surface area contributed by atoms with Crippen molar-refractivity contribution in [3.63, 3.8) is 0 Å². The lowest BCUT2D eigenvalue weighted by Crippen LogP contribution is -2.42. The van der Waals surface area contributed by atoms with Crippen LogP contribution in [-0.2, 0) is 6.42 Å². The molecule has 0 heterocycles. The van der Waals surface area contributed by atoms with Crippen molar-refractivity contribution in [3.05, 3.63) is 35.4 Å². The van der Waals surface area contributed by atoms with E-state index in [1.54, 1.807) is 11.1 Å². The lowest BCUT2D eigenvalue weighted by molar-refractivity contribution is 0.178. The predicted molar refractivity (Wildman–Crippen MR) is 85.8 cm³/mol. The molecule has 0 radical (unpaired) electrons. The molecule has 2 aliphatic rings. The Morgan fingerprint density at radius 1 is 1.05 bits per heavy atom. The van der Waals surface area contributed by atoms with E-state index in [-0.39, 0.29) is 0 Å². The Hall–Kier alpha value is -0.820. The predicted octanol–water partition coefficient (Wildman–Crippen LogP) is 4.72. The normalized spacial score (nSPS) is 35.8. The highest BCUT2D eigenvalue weighted by Crippen LogP contribution is 2.46. The zero-order valence-electron chi connectivity index (χ0n) is 13.4. The summed E-state index contributed by atoms with van der Waals surface area (Å²) in [6, 6.07) is 10.3. The van der Waals surface area contributed by atoms with Gasteiger partial charge in [0.15, 0.2) is 0 Å². The van der Waals surface area contributed by atoms with E-state index in [1.807, 2.05) is 0 Å². The van der Waals surface area contributed by atoms with Crippen LogP contribution in [0.15, 0.2) is 24.3 Å². The van der Waals surface area contributed by atoms with E-state index >= 15 is 0 Å². The van der Waals surface area contributed by atoms with E-state index in [0.717, 1.165) is 11.8 Å². The van der Waals surface area contributed by atoms with Crippen LogP contribution in [-0.4, -0.2) is 6.04 Å². The average Bonchev–Trinajstić information content (AvgIpc) is 2.65. The van der Waals surface area contributed by atoms with Crippen LogP contribution in [0.4, 0.5) is 0 Å². The summed E-state index contributed by atoms with van der Waals surface area (Å²) in [6.45, 7) is 9.67. The molecule has 0 aromatic heterocycles. The van der Waals surface area contributed by atoms with Crippen LogP contribution in [0.5, 0.6) is 0 Å². The largest absolute Gasteiger partial charge is 0.307 e. The van der Waals surface area contributed by atoms with Crippen molar-refractivity contribution >= 4 is 0 Å². The molecule has 1 nitrogen and oxygen atoms in total. The molecule has 1 aromatic carbocycles. The fourth-order valence-corrected chi connectivity index (χ4v) is 4.24. The molecule has 2 aliphatic carbocycles. The monoisotopic (exact) mass is 271 g/mol. The van der Waals surface area contributed by atoms with Gasteiger partial charge in [-0.15, -0.1) is 0 Å². The van der Waals surface area contributed by atoms with Gasteiger partial charge in [-0.05, 0) is 54.1 Å². The number of fused-ring (bicyclic) bond motifs is 1. The summed E-state index contributed by atoms with van der Waals surface area (Å²) in [6.07, 6.45) is 5.28. The van der Waals surface area contributed by atoms with E-state index in [0.29, 0.717) is 17.5 Å². The Morgan fingerprint density at radius 2 is 1.80 bits per heavy atom. The Labute approximate surface area is 124 Å². The minimum Gasteiger partial charge on any atom is -0.307 e. The van der Waals surface area contributed by atoms with Gasteiger partial charge in [0.25, 0.3) is 0 Å². The van der Waals surface area contributed by atoms with Crippen molar-refractivity contribution in [2.45, 2.75) is 65.5 Å². The number of hydrogen-bond acceptors (Lipinski definition) is 1. The van der Waals surface area contributed by atoms with Crippen molar-refractivity contribution < 1.29 is 0 Å². The van der Waals surface area contributed by atoms with Gasteiger partial charge in [0, 0.05) is 12.1 Å². The molecule has 1 heteroatoms. The lowest BCUT2D eigenvalue weighted by Gasteiger charge is -2.38. The maximum Gasteiger partial charge on any atom is 0.0379 e. The Kier molecular flexibility index (Phi) is 3.66. The topological polar surface area (TPSA) is 12.0 Å². The van der Waals surface area contributed by atoms with Gasteiger partial charge in [-0.25, -0.2) is 0 Å². The zero-order chi connectivity index (χ0) is 14.3. The molecule has 0 aliphatic heterocycles. The number of rotatable bonds is 2. The second-order valence-corrected chi connectivity index (χ2v) is 7.93. The quantitative estimate of drug-likeness (QED) is 0.820. The van der Waals surface area contributed by atoms with Gasteiger partial charge in [0.1, 0.15) is 0 Å². The summed E-state index contributed by atoms with van der Waals surface area (Å²) in [5.74, 6) is 1.76. The lowest BCUT2D eigenvalue weighted by atomic mass is 9.77. The van der Waals surface area contributed by atoms with E-state index in [2.05, 4.69) is 57.3 Å². The third kappa shape index (κ3) is 2.53. The molecule has 0 spiro atoms. The molecule has 4 unspecified atom stereocenters. The minimum atomic E-state index is 0.343. The maximum absolute atomic E-state index is 4.02. The molecule has 110 valence electrons. The average molecular weight is 271 g/mol. The van der Waals surface area contributed by atoms with Gasteiger partial charge in [-0.2, -0.15) is 0 Å². The van der Waals surface area contributed by atoms with Crippen molar-refractivity contribution in [2.75, 3.05) is 0 Å². The highest BCUT2D eigenvalue weighted by Gasteiger charge is 2.40. The molecule has 0 saturated heterocycles. The highest BCUT2D eigenvalue weighted by atomic mass is 15.0. The van der Waals surface area contributed by atoms with Crippen LogP contribution in [0.3, 0.4) is 0 Å². The minimum absolute atomic E-state index is 0.343. The van der Waals surface area contributed by atoms with E-state index < -0.39 is 0 Å². The first kappa shape index (κ1) is 14.1. The van der Waals surface area contributed by atoms with Crippen LogP contribution in [0.1, 0.15) is 64.1 Å². The number of benzene rings is 1. The molecule has 3 rings (SSSR count). The summed E-state index contributed by atoms with van der Waals surface area (Å²) in [7, 11) is 0. The summed E-state index contributed by atoms with van der Waals surface area (Å²) in [4.78, 5) is 0. The van der Waals surface area contributed by atoms with Crippen LogP contribution < -0.4 is 5.32 Å². The third-order valence-electron chi connectivity index (χ3n) is 5.79. The van der Waals surface area contributed by atoms with Crippen molar-refractivity contribution in [2.24, 2.45) is 17.3 Å². The fraction of sp³-hybridized carbons (Fsp3) is 0.684. The van der Waals surface area contributed by atoms with E-state index in [4.69, 9.17) is 0 Å². The molecule has 1 fully saturated rings. The second kappa shape index (κ2) is 5.18. The van der Waals surface area contributed by atoms with Gasteiger partial charge in [0.05, 0.1) is 0 Å². The van der Waals surface area contributed by atoms with E-state index in [9.17, 15) is 0 Å². The zero-order valence-corrected chi connectivity index (χ0v) is 13.4. The molecule has 1 aromatic rings. The van der Waals surface area contributed by atoms with Crippen LogP contribution in [0.2, 0.25) is 0 Å². The van der Waals surface area contributed by atoms with Crippen molar-refractivity contribution in [1.29, 1.82) is 0 Å². The Bertz CT molecular complexity index is 476. The standard InChI is InChI=1S/C19H29N/c1-13-9-10-16(11-14(13)2)20-18-17-8-6-5-7-15(17)12-19(18,3)4/h5-8,13-14,16,18,20H,9-12H2,1-4H3. The molecule has 0 bridgehead atoms. The van der Waals surface area contributed by atoms with Gasteiger partial charge < -0.3 is 5.32 Å². The molecule has 20 heavy (non-hydrogen) atoms. The van der Waals surface area contributed by atoms with Gasteiger partial charge >= 0.3 is 0 Å². The summed E-state index contributed by atoms with van der Waals surface area (Å²) in [5, 5.41) is 4.02. The summed E-state index contributed by atoms with van der Waals surface area (Å²) >= 11 is 0. The van der Waals surface area contributed by atoms with E-state index in [1.165, 1.54) is 25.7 Å². The third-order valence-corrected chi connectivity index (χ3v) is 5.79. The smallest absolute Gasteiger partial charge is 0.0379 e. The maximum atomic E-state index is 4.02. The fourth-order valence-electron chi connectivity index (χ4n) is 4.24. The molecule has 0 amide bonds. The summed E-state index contributed by atoms with van der Waals surface area (Å²) in [5.41, 5.74) is 3.44. The second-order valence-electron chi connectivity index (χ2n) is 7.93. The highest BCUT2D eigenvalue weighted by molar-refractivity contribution is 5.37. The molecule has 1 saturated carbocycles. The molecular weight excluding hydrogens is 242 g/mol. The summed E-state index contributed by atoms with van der Waals surface area (Å²) < 4.78 is 0. The Balaban J connectivity index is 1.76. The first-order chi connectivity index (χ1) is 9.47. The SMILES string of the molecule is CC1CCC(NC2c3ccccc3CC2(C)C)CC1C. The van der Waals surface area contributed by atoms with Gasteiger partial charge in [-0.1, -0.05) is 52.0 Å². The molecular formula is C19H29N. The van der Waals surface area contributed by atoms with Gasteiger partial charge in [-0.3, -0.25) is 0 Å². The van der Waals surface area contributed by atoms with Gasteiger partial charge in [0.2, 0.25) is 0 Å². The first-order valence-electron chi connectivity index (χ1n) is 8.31. The first-order valence-corrected chi connectivity index (χ1v) is 8.31. The molecule has 4 atom stereocenters. The van der Waals surface area contributed by atoms with Crippen LogP contribution >= 0.6 is 0 Å². The van der Waals surface area contributed by atoms with Crippen molar-refractivity contribution in [1.82, 2.24) is 5.32 Å². The number of hydrogen-bond donors (Lipinski definition) is 1. The van der Waals surface area contributed by atoms with Crippen LogP contribution in [0, 0.1) is 17.3 Å². The number of nitrogens with one attached hydrogen (secondary N) is 1.